The van der Waals surface area contributed by atoms with Crippen molar-refractivity contribution in [3.63, 3.8) is 0 Å². The molecule has 0 atom stereocenters. The highest BCUT2D eigenvalue weighted by Gasteiger charge is 2.40. The minimum atomic E-state index is -3.87. The van der Waals surface area contributed by atoms with Crippen LogP contribution in [0.2, 0.25) is 0 Å². The molecule has 21 heavy (non-hydrogen) atoms. The fraction of sp³-hybridized carbons (Fsp3) is 0.500. The summed E-state index contributed by atoms with van der Waals surface area (Å²) in [5.74, 6) is -1.16. The predicted octanol–water partition coefficient (Wildman–Crippen LogP) is 1.19. The Kier molecular flexibility index (Phi) is 4.10. The lowest BCUT2D eigenvalue weighted by Gasteiger charge is -2.40. The lowest BCUT2D eigenvalue weighted by molar-refractivity contribution is 0.0696. The Morgan fingerprint density at radius 1 is 1.29 bits per heavy atom. The van der Waals surface area contributed by atoms with Gasteiger partial charge in [0, 0.05) is 0 Å². The van der Waals surface area contributed by atoms with Crippen LogP contribution < -0.4 is 4.72 Å². The summed E-state index contributed by atoms with van der Waals surface area (Å²) in [4.78, 5) is 11.1. The number of carbonyl (C=O) groups is 1. The summed E-state index contributed by atoms with van der Waals surface area (Å²) in [6.45, 7) is 2.99. The molecule has 0 unspecified atom stereocenters. The van der Waals surface area contributed by atoms with E-state index in [0.29, 0.717) is 24.0 Å². The van der Waals surface area contributed by atoms with Crippen molar-refractivity contribution in [2.24, 2.45) is 0 Å². The predicted molar refractivity (Wildman–Crippen MR) is 76.9 cm³/mol. The first-order valence-corrected chi connectivity index (χ1v) is 8.18. The van der Waals surface area contributed by atoms with E-state index < -0.39 is 21.5 Å². The van der Waals surface area contributed by atoms with E-state index in [1.54, 1.807) is 19.9 Å². The van der Waals surface area contributed by atoms with Gasteiger partial charge in [0.25, 0.3) is 0 Å². The van der Waals surface area contributed by atoms with E-state index in [9.17, 15) is 18.3 Å². The van der Waals surface area contributed by atoms with Gasteiger partial charge in [-0.15, -0.1) is 0 Å². The van der Waals surface area contributed by atoms with Gasteiger partial charge < -0.3 is 10.2 Å². The number of carboxylic acids is 1. The molecular formula is C14H19NO5S. The number of aliphatic hydroxyl groups excluding tert-OH is 1. The third kappa shape index (κ3) is 2.95. The van der Waals surface area contributed by atoms with Crippen molar-refractivity contribution in [1.82, 2.24) is 4.72 Å². The molecule has 1 saturated carbocycles. The molecule has 1 aromatic rings. The molecule has 0 radical (unpaired) electrons. The van der Waals surface area contributed by atoms with Crippen molar-refractivity contribution < 1.29 is 23.4 Å². The van der Waals surface area contributed by atoms with Gasteiger partial charge in [-0.3, -0.25) is 0 Å². The number of aliphatic hydroxyl groups is 1. The molecule has 0 bridgehead atoms. The Morgan fingerprint density at radius 2 is 1.90 bits per heavy atom. The molecule has 0 amide bonds. The van der Waals surface area contributed by atoms with Gasteiger partial charge >= 0.3 is 5.97 Å². The molecule has 0 aliphatic heterocycles. The van der Waals surface area contributed by atoms with Crippen LogP contribution in [0.1, 0.15) is 40.7 Å². The third-order valence-electron chi connectivity index (χ3n) is 4.01. The minimum absolute atomic E-state index is 0.0346. The maximum Gasteiger partial charge on any atom is 0.335 e. The van der Waals surface area contributed by atoms with Gasteiger partial charge in [-0.1, -0.05) is 6.07 Å². The Morgan fingerprint density at radius 3 is 2.33 bits per heavy atom. The average molecular weight is 313 g/mol. The molecule has 1 aromatic carbocycles. The van der Waals surface area contributed by atoms with Crippen LogP contribution in [0.25, 0.3) is 0 Å². The van der Waals surface area contributed by atoms with E-state index in [2.05, 4.69) is 4.72 Å². The maximum atomic E-state index is 12.5. The van der Waals surface area contributed by atoms with Crippen LogP contribution >= 0.6 is 0 Å². The molecule has 7 heteroatoms. The number of carboxylic acid groups (broad SMARTS) is 1. The quantitative estimate of drug-likeness (QED) is 0.757. The Balaban J connectivity index is 2.45. The summed E-state index contributed by atoms with van der Waals surface area (Å²) in [6.07, 6.45) is 2.02. The minimum Gasteiger partial charge on any atom is -0.478 e. The fourth-order valence-corrected chi connectivity index (χ4v) is 4.29. The van der Waals surface area contributed by atoms with Crippen LogP contribution in [0.15, 0.2) is 17.0 Å². The molecule has 3 N–H and O–H groups in total. The van der Waals surface area contributed by atoms with Gasteiger partial charge in [0.2, 0.25) is 10.0 Å². The van der Waals surface area contributed by atoms with Crippen molar-refractivity contribution in [1.29, 1.82) is 0 Å². The first-order valence-electron chi connectivity index (χ1n) is 6.70. The van der Waals surface area contributed by atoms with Crippen molar-refractivity contribution in [3.8, 4) is 0 Å². The lowest BCUT2D eigenvalue weighted by atomic mass is 9.78. The van der Waals surface area contributed by atoms with Crippen LogP contribution in [-0.2, 0) is 10.0 Å². The van der Waals surface area contributed by atoms with E-state index in [1.807, 2.05) is 0 Å². The van der Waals surface area contributed by atoms with E-state index >= 15 is 0 Å². The smallest absolute Gasteiger partial charge is 0.335 e. The number of hydrogen-bond donors (Lipinski definition) is 3. The van der Waals surface area contributed by atoms with Crippen LogP contribution in [0.3, 0.4) is 0 Å². The summed E-state index contributed by atoms with van der Waals surface area (Å²) in [5.41, 5.74) is 0.157. The largest absolute Gasteiger partial charge is 0.478 e. The summed E-state index contributed by atoms with van der Waals surface area (Å²) < 4.78 is 27.5. The molecule has 0 heterocycles. The van der Waals surface area contributed by atoms with Crippen LogP contribution in [-0.4, -0.2) is 36.7 Å². The van der Waals surface area contributed by atoms with Crippen LogP contribution in [0.4, 0.5) is 0 Å². The number of aromatic carboxylic acids is 1. The molecule has 2 rings (SSSR count). The van der Waals surface area contributed by atoms with E-state index in [-0.39, 0.29) is 17.1 Å². The molecule has 1 fully saturated rings. The topological polar surface area (TPSA) is 104 Å². The zero-order valence-electron chi connectivity index (χ0n) is 12.0. The first kappa shape index (κ1) is 15.9. The monoisotopic (exact) mass is 313 g/mol. The third-order valence-corrected chi connectivity index (χ3v) is 5.73. The molecule has 0 spiro atoms. The number of hydrogen-bond acceptors (Lipinski definition) is 4. The number of benzene rings is 1. The molecule has 0 saturated heterocycles. The lowest BCUT2D eigenvalue weighted by Crippen LogP contribution is -2.56. The summed E-state index contributed by atoms with van der Waals surface area (Å²) in [6, 6.07) is 2.73. The van der Waals surface area contributed by atoms with E-state index in [1.165, 1.54) is 6.07 Å². The number of aryl methyl sites for hydroxylation is 2. The zero-order valence-corrected chi connectivity index (χ0v) is 12.8. The number of nitrogens with one attached hydrogen (secondary N) is 1. The molecule has 6 nitrogen and oxygen atoms in total. The van der Waals surface area contributed by atoms with Gasteiger partial charge in [-0.05, 0) is 50.3 Å². The second kappa shape index (κ2) is 5.40. The Hall–Kier alpha value is -1.44. The van der Waals surface area contributed by atoms with E-state index in [4.69, 9.17) is 5.11 Å². The van der Waals surface area contributed by atoms with Crippen LogP contribution in [0, 0.1) is 13.8 Å². The average Bonchev–Trinajstić information content (AvgIpc) is 2.33. The Bertz CT molecular complexity index is 671. The second-order valence-corrected chi connectivity index (χ2v) is 7.29. The summed E-state index contributed by atoms with van der Waals surface area (Å²) in [5, 5.41) is 18.5. The summed E-state index contributed by atoms with van der Waals surface area (Å²) in [7, 11) is -3.87. The van der Waals surface area contributed by atoms with Crippen molar-refractivity contribution in [2.45, 2.75) is 43.5 Å². The highest BCUT2D eigenvalue weighted by atomic mass is 32.2. The highest BCUT2D eigenvalue weighted by molar-refractivity contribution is 7.89. The van der Waals surface area contributed by atoms with Gasteiger partial charge in [-0.25, -0.2) is 17.9 Å². The highest BCUT2D eigenvalue weighted by Crippen LogP contribution is 2.33. The van der Waals surface area contributed by atoms with Crippen molar-refractivity contribution in [3.05, 3.63) is 28.8 Å². The SMILES string of the molecule is Cc1cc(C)c(S(=O)(=O)NC2(CO)CCC2)cc1C(=O)O. The summed E-state index contributed by atoms with van der Waals surface area (Å²) >= 11 is 0. The van der Waals surface area contributed by atoms with Crippen molar-refractivity contribution in [2.75, 3.05) is 6.61 Å². The molecule has 1 aliphatic carbocycles. The maximum absolute atomic E-state index is 12.5. The van der Waals surface area contributed by atoms with Gasteiger partial charge in [0.1, 0.15) is 0 Å². The van der Waals surface area contributed by atoms with Crippen LogP contribution in [0.5, 0.6) is 0 Å². The number of rotatable bonds is 5. The molecule has 1 aliphatic rings. The first-order chi connectivity index (χ1) is 9.71. The standard InChI is InChI=1S/C14H19NO5S/c1-9-6-10(2)12(7-11(9)13(17)18)21(19,20)15-14(8-16)4-3-5-14/h6-7,15-16H,3-5,8H2,1-2H3,(H,17,18). The second-order valence-electron chi connectivity index (χ2n) is 5.64. The Labute approximate surface area is 123 Å². The fourth-order valence-electron chi connectivity index (χ4n) is 2.59. The van der Waals surface area contributed by atoms with Gasteiger partial charge in [0.15, 0.2) is 0 Å². The molecule has 116 valence electrons. The van der Waals surface area contributed by atoms with E-state index in [0.717, 1.165) is 6.42 Å². The zero-order chi connectivity index (χ0) is 15.8. The number of sulfonamides is 1. The molecular weight excluding hydrogens is 294 g/mol. The van der Waals surface area contributed by atoms with Gasteiger partial charge in [0.05, 0.1) is 22.6 Å². The van der Waals surface area contributed by atoms with Crippen molar-refractivity contribution >= 4 is 16.0 Å². The normalized spacial score (nSPS) is 17.3. The molecule has 0 aromatic heterocycles. The van der Waals surface area contributed by atoms with Gasteiger partial charge in [-0.2, -0.15) is 0 Å².